The van der Waals surface area contributed by atoms with Crippen molar-refractivity contribution >= 4 is 35.1 Å². The molecule has 1 aromatic carbocycles. The Morgan fingerprint density at radius 3 is 2.45 bits per heavy atom. The van der Waals surface area contributed by atoms with Gasteiger partial charge in [-0.05, 0) is 38.8 Å². The number of carbonyl (C=O) groups excluding carboxylic acids is 2. The highest BCUT2D eigenvalue weighted by Gasteiger charge is 2.22. The maximum absolute atomic E-state index is 15.2. The van der Waals surface area contributed by atoms with Gasteiger partial charge in [0.25, 0.3) is 5.91 Å². The summed E-state index contributed by atoms with van der Waals surface area (Å²) in [5, 5.41) is 8.55. The Bertz CT molecular complexity index is 1400. The molecule has 0 bridgehead atoms. The van der Waals surface area contributed by atoms with Gasteiger partial charge in [0.2, 0.25) is 0 Å². The molecule has 0 saturated carbocycles. The summed E-state index contributed by atoms with van der Waals surface area (Å²) in [5.74, 6) is -2.47. The lowest BCUT2D eigenvalue weighted by molar-refractivity contribution is 0.0525. The van der Waals surface area contributed by atoms with Gasteiger partial charge in [0.1, 0.15) is 11.4 Å². The van der Waals surface area contributed by atoms with Gasteiger partial charge in [-0.2, -0.15) is 0 Å². The van der Waals surface area contributed by atoms with Crippen molar-refractivity contribution in [1.29, 1.82) is 0 Å². The highest BCUT2D eigenvalue weighted by atomic mass is 19.1. The van der Waals surface area contributed by atoms with Crippen molar-refractivity contribution in [3.05, 3.63) is 71.4 Å². The van der Waals surface area contributed by atoms with Crippen LogP contribution in [0.25, 0.3) is 0 Å². The largest absolute Gasteiger partial charge is 0.444 e. The number of anilines is 4. The molecule has 2 aromatic heterocycles. The lowest BCUT2D eigenvalue weighted by Gasteiger charge is -2.28. The molecule has 224 valence electrons. The second-order valence-corrected chi connectivity index (χ2v) is 10.7. The Balaban J connectivity index is 1.57. The zero-order valence-corrected chi connectivity index (χ0v) is 23.7. The maximum Gasteiger partial charge on any atom is 0.407 e. The summed E-state index contributed by atoms with van der Waals surface area (Å²) in [6.45, 7) is 7.26. The molecule has 1 atom stereocenters. The zero-order valence-electron chi connectivity index (χ0n) is 23.7. The standard InChI is InChI=1S/C29H35F2N7O4/c1-29(2,3)42-28(40)34-17-19(13-18-7-5-4-6-8-18)36-26-22(30)15-21(24(32)39)25(37-26)35-20-14-23(31)27(33-16-20)38-9-11-41-12-10-38/h4-8,14-16,19H,9-13,17H2,1-3H3,(H2,32,39)(H,34,40)(H2,35,36,37). The number of halogens is 2. The van der Waals surface area contributed by atoms with E-state index in [0.29, 0.717) is 32.7 Å². The molecular weight excluding hydrogens is 548 g/mol. The monoisotopic (exact) mass is 583 g/mol. The molecule has 2 amide bonds. The van der Waals surface area contributed by atoms with Gasteiger partial charge in [0.05, 0.1) is 30.7 Å². The van der Waals surface area contributed by atoms with Crippen molar-refractivity contribution in [2.45, 2.75) is 38.8 Å². The van der Waals surface area contributed by atoms with Crippen LogP contribution in [-0.4, -0.2) is 66.5 Å². The van der Waals surface area contributed by atoms with Crippen LogP contribution in [0.1, 0.15) is 36.7 Å². The molecule has 13 heteroatoms. The van der Waals surface area contributed by atoms with E-state index in [1.54, 1.807) is 25.7 Å². The fraction of sp³-hybridized carbons (Fsp3) is 0.379. The number of ether oxygens (including phenoxy) is 2. The summed E-state index contributed by atoms with van der Waals surface area (Å²) in [7, 11) is 0. The molecule has 0 radical (unpaired) electrons. The van der Waals surface area contributed by atoms with Crippen LogP contribution in [0.15, 0.2) is 48.7 Å². The first-order chi connectivity index (χ1) is 20.0. The van der Waals surface area contributed by atoms with Crippen LogP contribution in [0.2, 0.25) is 0 Å². The summed E-state index contributed by atoms with van der Waals surface area (Å²) in [5.41, 5.74) is 5.68. The molecule has 1 aliphatic heterocycles. The predicted molar refractivity (Wildman–Crippen MR) is 155 cm³/mol. The third kappa shape index (κ3) is 8.49. The van der Waals surface area contributed by atoms with Gasteiger partial charge >= 0.3 is 6.09 Å². The number of primary amides is 1. The first kappa shape index (κ1) is 30.4. The number of hydrogen-bond acceptors (Lipinski definition) is 9. The van der Waals surface area contributed by atoms with Gasteiger partial charge in [-0.3, -0.25) is 4.79 Å². The number of carbonyl (C=O) groups is 2. The number of benzene rings is 1. The van der Waals surface area contributed by atoms with Gasteiger partial charge < -0.3 is 36.1 Å². The van der Waals surface area contributed by atoms with E-state index in [4.69, 9.17) is 15.2 Å². The van der Waals surface area contributed by atoms with Crippen molar-refractivity contribution in [2.75, 3.05) is 48.4 Å². The van der Waals surface area contributed by atoms with Crippen LogP contribution in [0.4, 0.5) is 36.7 Å². The maximum atomic E-state index is 15.2. The average molecular weight is 584 g/mol. The lowest BCUT2D eigenvalue weighted by Crippen LogP contribution is -2.40. The van der Waals surface area contributed by atoms with Crippen LogP contribution in [0, 0.1) is 11.6 Å². The van der Waals surface area contributed by atoms with Gasteiger partial charge in [-0.25, -0.2) is 23.5 Å². The number of nitrogens with one attached hydrogen (secondary N) is 3. The SMILES string of the molecule is CC(C)(C)OC(=O)NCC(Cc1ccccc1)Nc1nc(Nc2cnc(N3CCOCC3)c(F)c2)c(C(N)=O)cc1F. The zero-order chi connectivity index (χ0) is 30.3. The quantitative estimate of drug-likeness (QED) is 0.279. The number of morpholine rings is 1. The molecule has 1 saturated heterocycles. The molecule has 11 nitrogen and oxygen atoms in total. The van der Waals surface area contributed by atoms with E-state index in [1.807, 2.05) is 30.3 Å². The number of nitrogens with zero attached hydrogens (tertiary/aromatic N) is 3. The first-order valence-corrected chi connectivity index (χ1v) is 13.5. The van der Waals surface area contributed by atoms with E-state index in [1.165, 1.54) is 12.3 Å². The fourth-order valence-corrected chi connectivity index (χ4v) is 4.30. The van der Waals surface area contributed by atoms with E-state index in [9.17, 15) is 14.0 Å². The molecule has 4 rings (SSSR count). The number of pyridine rings is 2. The molecule has 42 heavy (non-hydrogen) atoms. The normalized spacial score (nSPS) is 14.2. The molecule has 3 heterocycles. The number of rotatable bonds is 10. The number of alkyl carbamates (subject to hydrolysis) is 1. The van der Waals surface area contributed by atoms with Gasteiger partial charge in [-0.1, -0.05) is 30.3 Å². The van der Waals surface area contributed by atoms with Crippen molar-refractivity contribution in [1.82, 2.24) is 15.3 Å². The predicted octanol–water partition coefficient (Wildman–Crippen LogP) is 3.98. The van der Waals surface area contributed by atoms with Crippen LogP contribution in [0.5, 0.6) is 0 Å². The first-order valence-electron chi connectivity index (χ1n) is 13.5. The average Bonchev–Trinajstić information content (AvgIpc) is 2.93. The number of aromatic nitrogens is 2. The summed E-state index contributed by atoms with van der Waals surface area (Å²) in [6.07, 6.45) is 1.16. The highest BCUT2D eigenvalue weighted by molar-refractivity contribution is 5.98. The summed E-state index contributed by atoms with van der Waals surface area (Å²) in [4.78, 5) is 34.7. The van der Waals surface area contributed by atoms with Crippen molar-refractivity contribution in [3.8, 4) is 0 Å². The Hall–Kier alpha value is -4.52. The number of hydrogen-bond donors (Lipinski definition) is 4. The molecule has 3 aromatic rings. The summed E-state index contributed by atoms with van der Waals surface area (Å²) < 4.78 is 40.8. The molecule has 0 aliphatic carbocycles. The lowest BCUT2D eigenvalue weighted by atomic mass is 10.1. The Morgan fingerprint density at radius 1 is 1.10 bits per heavy atom. The van der Waals surface area contributed by atoms with E-state index < -0.39 is 35.3 Å². The molecule has 1 aliphatic rings. The minimum atomic E-state index is -0.929. The number of nitrogens with two attached hydrogens (primary N) is 1. The van der Waals surface area contributed by atoms with Crippen LogP contribution in [0.3, 0.4) is 0 Å². The summed E-state index contributed by atoms with van der Waals surface area (Å²) in [6, 6.07) is 11.0. The summed E-state index contributed by atoms with van der Waals surface area (Å²) >= 11 is 0. The van der Waals surface area contributed by atoms with Crippen LogP contribution < -0.4 is 26.6 Å². The van der Waals surface area contributed by atoms with E-state index in [0.717, 1.165) is 11.6 Å². The van der Waals surface area contributed by atoms with Crippen LogP contribution in [-0.2, 0) is 15.9 Å². The van der Waals surface area contributed by atoms with Crippen molar-refractivity contribution < 1.29 is 27.8 Å². The third-order valence-corrected chi connectivity index (χ3v) is 6.19. The number of amides is 2. The van der Waals surface area contributed by atoms with E-state index in [-0.39, 0.29) is 35.2 Å². The van der Waals surface area contributed by atoms with Gasteiger partial charge in [-0.15, -0.1) is 0 Å². The van der Waals surface area contributed by atoms with Crippen molar-refractivity contribution in [3.63, 3.8) is 0 Å². The minimum Gasteiger partial charge on any atom is -0.444 e. The minimum absolute atomic E-state index is 0.0728. The van der Waals surface area contributed by atoms with Crippen LogP contribution >= 0.6 is 0 Å². The Labute approximate surface area is 242 Å². The smallest absolute Gasteiger partial charge is 0.407 e. The molecule has 1 fully saturated rings. The van der Waals surface area contributed by atoms with Gasteiger partial charge in [0.15, 0.2) is 23.3 Å². The van der Waals surface area contributed by atoms with Crippen molar-refractivity contribution in [2.24, 2.45) is 5.73 Å². The molecular formula is C29H35F2N7O4. The molecule has 1 unspecified atom stereocenters. The van der Waals surface area contributed by atoms with E-state index >= 15 is 4.39 Å². The van der Waals surface area contributed by atoms with E-state index in [2.05, 4.69) is 25.9 Å². The Kier molecular flexibility index (Phi) is 9.73. The second-order valence-electron chi connectivity index (χ2n) is 10.7. The Morgan fingerprint density at radius 2 is 1.81 bits per heavy atom. The second kappa shape index (κ2) is 13.4. The van der Waals surface area contributed by atoms with Gasteiger partial charge in [0, 0.05) is 31.7 Å². The fourth-order valence-electron chi connectivity index (χ4n) is 4.30. The molecule has 0 spiro atoms. The molecule has 5 N–H and O–H groups in total. The third-order valence-electron chi connectivity index (χ3n) is 6.19. The highest BCUT2D eigenvalue weighted by Crippen LogP contribution is 2.27. The topological polar surface area (TPSA) is 144 Å².